The molecular weight excluding hydrogens is 234 g/mol. The van der Waals surface area contributed by atoms with Gasteiger partial charge in [-0.3, -0.25) is 4.79 Å². The van der Waals surface area contributed by atoms with Crippen LogP contribution in [0.5, 0.6) is 0 Å². The summed E-state index contributed by atoms with van der Waals surface area (Å²) in [5.74, 6) is -1.11. The highest BCUT2D eigenvalue weighted by molar-refractivity contribution is 5.70. The van der Waals surface area contributed by atoms with E-state index in [-0.39, 0.29) is 18.5 Å². The maximum Gasteiger partial charge on any atom is 0.310 e. The largest absolute Gasteiger partial charge is 0.469 e. The van der Waals surface area contributed by atoms with Crippen molar-refractivity contribution in [3.05, 3.63) is 0 Å². The number of ether oxygens (including phenoxy) is 3. The molecule has 0 spiro atoms. The van der Waals surface area contributed by atoms with Crippen LogP contribution < -0.4 is 0 Å². The van der Waals surface area contributed by atoms with Gasteiger partial charge >= 0.3 is 5.97 Å². The van der Waals surface area contributed by atoms with Crippen LogP contribution in [0.25, 0.3) is 0 Å². The number of hydrogen-bond donors (Lipinski definition) is 0. The van der Waals surface area contributed by atoms with E-state index < -0.39 is 5.79 Å². The van der Waals surface area contributed by atoms with Gasteiger partial charge in [-0.05, 0) is 32.9 Å². The van der Waals surface area contributed by atoms with Crippen LogP contribution >= 0.6 is 0 Å². The normalized spacial score (nSPS) is 33.6. The average molecular weight is 257 g/mol. The summed E-state index contributed by atoms with van der Waals surface area (Å²) in [5, 5.41) is 0. The molecule has 0 saturated carbocycles. The molecule has 2 heterocycles. The van der Waals surface area contributed by atoms with Crippen molar-refractivity contribution in [1.82, 2.24) is 4.90 Å². The van der Waals surface area contributed by atoms with Gasteiger partial charge in [0.05, 0.1) is 26.2 Å². The summed E-state index contributed by atoms with van der Waals surface area (Å²) in [6.07, 6.45) is 4.09. The quantitative estimate of drug-likeness (QED) is 0.707. The predicted octanol–water partition coefficient (Wildman–Crippen LogP) is 1.17. The number of methoxy groups -OCH3 is 1. The zero-order valence-corrected chi connectivity index (χ0v) is 11.3. The van der Waals surface area contributed by atoms with Gasteiger partial charge in [0.1, 0.15) is 0 Å². The van der Waals surface area contributed by atoms with Crippen molar-refractivity contribution < 1.29 is 19.0 Å². The molecule has 2 atom stereocenters. The molecule has 2 rings (SSSR count). The van der Waals surface area contributed by atoms with Gasteiger partial charge in [-0.1, -0.05) is 6.42 Å². The van der Waals surface area contributed by atoms with Gasteiger partial charge in [-0.15, -0.1) is 0 Å². The van der Waals surface area contributed by atoms with Gasteiger partial charge in [-0.25, -0.2) is 0 Å². The molecule has 0 bridgehead atoms. The Hall–Kier alpha value is -0.650. The van der Waals surface area contributed by atoms with E-state index in [1.807, 2.05) is 0 Å². The Kier molecular flexibility index (Phi) is 4.59. The Morgan fingerprint density at radius 3 is 2.78 bits per heavy atom. The molecule has 18 heavy (non-hydrogen) atoms. The van der Waals surface area contributed by atoms with Crippen molar-refractivity contribution in [2.24, 2.45) is 0 Å². The number of piperidine rings is 1. The molecule has 104 valence electrons. The minimum absolute atomic E-state index is 0.0674. The fourth-order valence-corrected chi connectivity index (χ4v) is 2.64. The van der Waals surface area contributed by atoms with Gasteiger partial charge in [0, 0.05) is 6.54 Å². The lowest BCUT2D eigenvalue weighted by Crippen LogP contribution is -2.38. The number of likely N-dealkylation sites (tertiary alicyclic amines) is 1. The van der Waals surface area contributed by atoms with Crippen LogP contribution in [0.4, 0.5) is 0 Å². The lowest BCUT2D eigenvalue weighted by molar-refractivity contribution is -0.179. The first-order chi connectivity index (χ1) is 8.61. The van der Waals surface area contributed by atoms with Crippen molar-refractivity contribution in [2.75, 3.05) is 33.4 Å². The van der Waals surface area contributed by atoms with Gasteiger partial charge in [-0.2, -0.15) is 0 Å². The summed E-state index contributed by atoms with van der Waals surface area (Å²) in [6, 6.07) is 0. The van der Waals surface area contributed by atoms with Crippen LogP contribution in [0, 0.1) is 0 Å². The monoisotopic (exact) mass is 257 g/mol. The molecule has 0 amide bonds. The number of carbonyl (C=O) groups excluding carboxylic acids is 1. The lowest BCUT2D eigenvalue weighted by Gasteiger charge is -2.29. The van der Waals surface area contributed by atoms with Gasteiger partial charge < -0.3 is 19.1 Å². The molecule has 0 radical (unpaired) electrons. The number of carbonyl (C=O) groups is 1. The molecule has 5 nitrogen and oxygen atoms in total. The molecule has 5 heteroatoms. The van der Waals surface area contributed by atoms with E-state index in [9.17, 15) is 4.79 Å². The molecule has 0 aliphatic carbocycles. The van der Waals surface area contributed by atoms with Crippen LogP contribution in [0.3, 0.4) is 0 Å². The topological polar surface area (TPSA) is 48.0 Å². The van der Waals surface area contributed by atoms with E-state index >= 15 is 0 Å². The third kappa shape index (κ3) is 3.67. The summed E-state index contributed by atoms with van der Waals surface area (Å²) in [5.41, 5.74) is 0. The minimum Gasteiger partial charge on any atom is -0.469 e. The third-order valence-corrected chi connectivity index (χ3v) is 3.59. The van der Waals surface area contributed by atoms with E-state index in [4.69, 9.17) is 9.47 Å². The van der Waals surface area contributed by atoms with E-state index in [1.165, 1.54) is 26.4 Å². The van der Waals surface area contributed by atoms with Crippen molar-refractivity contribution in [3.8, 4) is 0 Å². The van der Waals surface area contributed by atoms with Crippen molar-refractivity contribution in [1.29, 1.82) is 0 Å². The fraction of sp³-hybridized carbons (Fsp3) is 0.923. The Morgan fingerprint density at radius 1 is 1.39 bits per heavy atom. The highest BCUT2D eigenvalue weighted by atomic mass is 16.7. The van der Waals surface area contributed by atoms with Crippen LogP contribution in [0.2, 0.25) is 0 Å². The first kappa shape index (κ1) is 13.8. The van der Waals surface area contributed by atoms with Crippen LogP contribution in [0.15, 0.2) is 0 Å². The molecule has 0 N–H and O–H groups in total. The molecular formula is C13H23NO4. The minimum atomic E-state index is -0.812. The first-order valence-corrected chi connectivity index (χ1v) is 6.72. The highest BCUT2D eigenvalue weighted by Crippen LogP contribution is 2.28. The number of rotatable bonds is 4. The van der Waals surface area contributed by atoms with E-state index in [0.29, 0.717) is 6.61 Å². The Bertz CT molecular complexity index is 291. The molecule has 2 aliphatic rings. The van der Waals surface area contributed by atoms with E-state index in [1.54, 1.807) is 6.92 Å². The van der Waals surface area contributed by atoms with Crippen molar-refractivity contribution in [2.45, 2.75) is 44.5 Å². The summed E-state index contributed by atoms with van der Waals surface area (Å²) in [6.45, 7) is 5.56. The summed E-state index contributed by atoms with van der Waals surface area (Å²) in [7, 11) is 1.38. The Balaban J connectivity index is 1.78. The second-order valence-electron chi connectivity index (χ2n) is 5.30. The molecule has 0 aromatic heterocycles. The maximum atomic E-state index is 11.3. The zero-order valence-electron chi connectivity index (χ0n) is 11.3. The second kappa shape index (κ2) is 5.99. The van der Waals surface area contributed by atoms with Crippen LogP contribution in [-0.4, -0.2) is 56.1 Å². The Morgan fingerprint density at radius 2 is 2.11 bits per heavy atom. The standard InChI is InChI=1S/C13H23NO4/c1-13(8-12(15)16-2)17-10-11(18-13)9-14-6-4-3-5-7-14/h11H,3-10H2,1-2H3/t11-,13-/m0/s1. The predicted molar refractivity (Wildman–Crippen MR) is 66.2 cm³/mol. The van der Waals surface area contributed by atoms with Crippen molar-refractivity contribution >= 4 is 5.97 Å². The van der Waals surface area contributed by atoms with Crippen molar-refractivity contribution in [3.63, 3.8) is 0 Å². The Labute approximate surface area is 108 Å². The van der Waals surface area contributed by atoms with E-state index in [0.717, 1.165) is 19.6 Å². The summed E-state index contributed by atoms with van der Waals surface area (Å²) in [4.78, 5) is 13.7. The summed E-state index contributed by atoms with van der Waals surface area (Å²) >= 11 is 0. The van der Waals surface area contributed by atoms with Gasteiger partial charge in [0.25, 0.3) is 0 Å². The fourth-order valence-electron chi connectivity index (χ4n) is 2.64. The number of hydrogen-bond acceptors (Lipinski definition) is 5. The SMILES string of the molecule is COC(=O)C[C@@]1(C)OC[C@H](CN2CCCCC2)O1. The van der Waals surface area contributed by atoms with E-state index in [2.05, 4.69) is 9.64 Å². The molecule has 0 unspecified atom stereocenters. The zero-order chi connectivity index (χ0) is 13.0. The average Bonchev–Trinajstić information content (AvgIpc) is 2.71. The lowest BCUT2D eigenvalue weighted by atomic mass is 10.1. The molecule has 2 aliphatic heterocycles. The molecule has 2 fully saturated rings. The number of esters is 1. The number of nitrogens with zero attached hydrogens (tertiary/aromatic N) is 1. The molecule has 0 aromatic carbocycles. The maximum absolute atomic E-state index is 11.3. The molecule has 2 saturated heterocycles. The summed E-state index contributed by atoms with van der Waals surface area (Å²) < 4.78 is 16.1. The second-order valence-corrected chi connectivity index (χ2v) is 5.30. The van der Waals surface area contributed by atoms with Gasteiger partial charge in [0.2, 0.25) is 0 Å². The first-order valence-electron chi connectivity index (χ1n) is 6.72. The van der Waals surface area contributed by atoms with Crippen LogP contribution in [0.1, 0.15) is 32.6 Å². The van der Waals surface area contributed by atoms with Crippen LogP contribution in [-0.2, 0) is 19.0 Å². The van der Waals surface area contributed by atoms with Gasteiger partial charge in [0.15, 0.2) is 5.79 Å². The smallest absolute Gasteiger partial charge is 0.310 e. The third-order valence-electron chi connectivity index (χ3n) is 3.59. The molecule has 0 aromatic rings. The highest BCUT2D eigenvalue weighted by Gasteiger charge is 2.40.